The molecule has 1 unspecified atom stereocenters. The number of hydrogen-bond acceptors (Lipinski definition) is 4. The van der Waals surface area contributed by atoms with Gasteiger partial charge in [0.1, 0.15) is 0 Å². The average Bonchev–Trinajstić information content (AvgIpc) is 2.37. The first-order chi connectivity index (χ1) is 9.03. The van der Waals surface area contributed by atoms with Crippen LogP contribution in [0.1, 0.15) is 44.5 Å². The molecule has 1 aromatic rings. The molecule has 0 aliphatic heterocycles. The van der Waals surface area contributed by atoms with Gasteiger partial charge in [0.05, 0.1) is 12.9 Å². The van der Waals surface area contributed by atoms with E-state index in [9.17, 15) is 8.42 Å². The van der Waals surface area contributed by atoms with Gasteiger partial charge in [-0.3, -0.25) is 0 Å². The molecule has 0 saturated carbocycles. The summed E-state index contributed by atoms with van der Waals surface area (Å²) in [5.41, 5.74) is 0.711. The van der Waals surface area contributed by atoms with E-state index in [1.54, 1.807) is 12.1 Å². The molecule has 5 heteroatoms. The minimum Gasteiger partial charge on any atom is -0.347 e. The van der Waals surface area contributed by atoms with E-state index < -0.39 is 16.4 Å². The van der Waals surface area contributed by atoms with Crippen LogP contribution in [-0.2, 0) is 19.0 Å². The molecule has 19 heavy (non-hydrogen) atoms. The molecule has 0 aliphatic carbocycles. The summed E-state index contributed by atoms with van der Waals surface area (Å²) >= 11 is 0. The van der Waals surface area contributed by atoms with E-state index in [-0.39, 0.29) is 0 Å². The zero-order chi connectivity index (χ0) is 14.1. The zero-order valence-corrected chi connectivity index (χ0v) is 12.4. The van der Waals surface area contributed by atoms with Gasteiger partial charge in [-0.05, 0) is 6.42 Å². The Hall–Kier alpha value is -0.910. The summed E-state index contributed by atoms with van der Waals surface area (Å²) in [5, 5.41) is 0. The summed E-state index contributed by atoms with van der Waals surface area (Å²) in [6, 6.07) is 9.11. The van der Waals surface area contributed by atoms with Crippen molar-refractivity contribution < 1.29 is 17.3 Å². The molecule has 0 bridgehead atoms. The Morgan fingerprint density at radius 3 is 2.37 bits per heavy atom. The Morgan fingerprint density at radius 1 is 1.11 bits per heavy atom. The van der Waals surface area contributed by atoms with Gasteiger partial charge in [-0.25, -0.2) is 4.18 Å². The lowest BCUT2D eigenvalue weighted by Gasteiger charge is -2.17. The van der Waals surface area contributed by atoms with Crippen molar-refractivity contribution in [2.75, 3.05) is 12.9 Å². The minimum atomic E-state index is -3.54. The van der Waals surface area contributed by atoms with Crippen LogP contribution >= 0.6 is 0 Å². The van der Waals surface area contributed by atoms with Crippen LogP contribution in [0.25, 0.3) is 0 Å². The lowest BCUT2D eigenvalue weighted by atomic mass is 10.2. The summed E-state index contributed by atoms with van der Waals surface area (Å²) in [4.78, 5) is 0. The summed E-state index contributed by atoms with van der Waals surface area (Å²) in [5.74, 6) is 0. The third-order valence-corrected chi connectivity index (χ3v) is 3.13. The van der Waals surface area contributed by atoms with Gasteiger partial charge in [-0.2, -0.15) is 8.42 Å². The highest BCUT2D eigenvalue weighted by atomic mass is 32.2. The molecule has 1 aromatic carbocycles. The number of benzene rings is 1. The smallest absolute Gasteiger partial charge is 0.267 e. The zero-order valence-electron chi connectivity index (χ0n) is 11.5. The van der Waals surface area contributed by atoms with Crippen molar-refractivity contribution in [3.63, 3.8) is 0 Å². The van der Waals surface area contributed by atoms with E-state index in [1.807, 2.05) is 18.2 Å². The Bertz CT molecular complexity index is 442. The number of unbranched alkanes of at least 4 members (excludes halogenated alkanes) is 3. The minimum absolute atomic E-state index is 0.495. The standard InChI is InChI=1S/C14H22O4S/c1-3-4-5-9-12-17-14(18-19(2,15)16)13-10-7-6-8-11-13/h6-8,10-11,14H,3-5,9,12H2,1-2H3. The quantitative estimate of drug-likeness (QED) is 0.397. The first kappa shape index (κ1) is 16.1. The maximum absolute atomic E-state index is 11.2. The van der Waals surface area contributed by atoms with Crippen LogP contribution in [0.2, 0.25) is 0 Å². The summed E-state index contributed by atoms with van der Waals surface area (Å²) < 4.78 is 33.0. The van der Waals surface area contributed by atoms with Gasteiger partial charge < -0.3 is 4.74 Å². The molecule has 0 N–H and O–H groups in total. The van der Waals surface area contributed by atoms with Crippen LogP contribution in [-0.4, -0.2) is 21.3 Å². The molecule has 108 valence electrons. The molecule has 0 saturated heterocycles. The lowest BCUT2D eigenvalue weighted by Crippen LogP contribution is -2.14. The van der Waals surface area contributed by atoms with Crippen molar-refractivity contribution in [2.45, 2.75) is 38.9 Å². The highest BCUT2D eigenvalue weighted by Crippen LogP contribution is 2.21. The molecule has 1 rings (SSSR count). The second-order valence-corrected chi connectivity index (χ2v) is 6.08. The maximum atomic E-state index is 11.2. The van der Waals surface area contributed by atoms with Crippen molar-refractivity contribution in [3.8, 4) is 0 Å². The number of hydrogen-bond donors (Lipinski definition) is 0. The molecule has 1 atom stereocenters. The molecule has 0 aromatic heterocycles. The first-order valence-electron chi connectivity index (χ1n) is 6.57. The third kappa shape index (κ3) is 7.30. The second kappa shape index (κ2) is 8.30. The fourth-order valence-corrected chi connectivity index (χ4v) is 2.15. The molecule has 0 fully saturated rings. The highest BCUT2D eigenvalue weighted by molar-refractivity contribution is 7.85. The van der Waals surface area contributed by atoms with Crippen LogP contribution in [0.15, 0.2) is 30.3 Å². The van der Waals surface area contributed by atoms with Crippen molar-refractivity contribution in [1.82, 2.24) is 0 Å². The van der Waals surface area contributed by atoms with Crippen molar-refractivity contribution in [1.29, 1.82) is 0 Å². The van der Waals surface area contributed by atoms with Gasteiger partial charge in [0, 0.05) is 5.56 Å². The van der Waals surface area contributed by atoms with E-state index in [2.05, 4.69) is 6.92 Å². The molecular formula is C14H22O4S. The molecule has 0 radical (unpaired) electrons. The van der Waals surface area contributed by atoms with E-state index >= 15 is 0 Å². The van der Waals surface area contributed by atoms with Crippen LogP contribution < -0.4 is 0 Å². The Morgan fingerprint density at radius 2 is 1.79 bits per heavy atom. The largest absolute Gasteiger partial charge is 0.347 e. The van der Waals surface area contributed by atoms with E-state index in [0.717, 1.165) is 31.9 Å². The normalized spacial score (nSPS) is 13.4. The second-order valence-electron chi connectivity index (χ2n) is 4.47. The van der Waals surface area contributed by atoms with Crippen molar-refractivity contribution in [2.24, 2.45) is 0 Å². The molecular weight excluding hydrogens is 264 g/mol. The first-order valence-corrected chi connectivity index (χ1v) is 8.39. The van der Waals surface area contributed by atoms with Gasteiger partial charge in [0.25, 0.3) is 10.1 Å². The van der Waals surface area contributed by atoms with Gasteiger partial charge in [0.2, 0.25) is 6.29 Å². The molecule has 4 nitrogen and oxygen atoms in total. The summed E-state index contributed by atoms with van der Waals surface area (Å²) in [6.45, 7) is 2.63. The molecule has 0 spiro atoms. The van der Waals surface area contributed by atoms with E-state index in [1.165, 1.54) is 0 Å². The van der Waals surface area contributed by atoms with Crippen LogP contribution in [0.4, 0.5) is 0 Å². The Balaban J connectivity index is 2.56. The maximum Gasteiger partial charge on any atom is 0.267 e. The van der Waals surface area contributed by atoms with Crippen LogP contribution in [0, 0.1) is 0 Å². The SMILES string of the molecule is CCCCCCOC(OS(C)(=O)=O)c1ccccc1. The van der Waals surface area contributed by atoms with E-state index in [4.69, 9.17) is 8.92 Å². The monoisotopic (exact) mass is 286 g/mol. The van der Waals surface area contributed by atoms with Gasteiger partial charge in [-0.1, -0.05) is 56.5 Å². The molecule has 0 aliphatic rings. The topological polar surface area (TPSA) is 52.6 Å². The Kier molecular flexibility index (Phi) is 7.05. The fraction of sp³-hybridized carbons (Fsp3) is 0.571. The highest BCUT2D eigenvalue weighted by Gasteiger charge is 2.17. The van der Waals surface area contributed by atoms with Crippen LogP contribution in [0.3, 0.4) is 0 Å². The number of rotatable bonds is 9. The van der Waals surface area contributed by atoms with Gasteiger partial charge >= 0.3 is 0 Å². The van der Waals surface area contributed by atoms with Gasteiger partial charge in [0.15, 0.2) is 0 Å². The predicted octanol–water partition coefficient (Wildman–Crippen LogP) is 3.26. The van der Waals surface area contributed by atoms with E-state index in [0.29, 0.717) is 12.2 Å². The van der Waals surface area contributed by atoms with Gasteiger partial charge in [-0.15, -0.1) is 0 Å². The van der Waals surface area contributed by atoms with Crippen molar-refractivity contribution >= 4 is 10.1 Å². The summed E-state index contributed by atoms with van der Waals surface area (Å²) in [6.07, 6.45) is 4.48. The fourth-order valence-electron chi connectivity index (χ4n) is 1.67. The average molecular weight is 286 g/mol. The number of ether oxygens (including phenoxy) is 1. The third-order valence-electron chi connectivity index (χ3n) is 2.60. The lowest BCUT2D eigenvalue weighted by molar-refractivity contribution is -0.0802. The van der Waals surface area contributed by atoms with Crippen molar-refractivity contribution in [3.05, 3.63) is 35.9 Å². The molecule has 0 amide bonds. The summed E-state index contributed by atoms with van der Waals surface area (Å²) in [7, 11) is -3.54. The van der Waals surface area contributed by atoms with Crippen LogP contribution in [0.5, 0.6) is 0 Å². The predicted molar refractivity (Wildman–Crippen MR) is 75.2 cm³/mol. The molecule has 0 heterocycles. The Labute approximate surface area is 115 Å².